The van der Waals surface area contributed by atoms with E-state index in [-0.39, 0.29) is 5.57 Å². The van der Waals surface area contributed by atoms with Crippen molar-refractivity contribution in [3.05, 3.63) is 39.9 Å². The zero-order chi connectivity index (χ0) is 15.8. The Morgan fingerprint density at radius 2 is 1.52 bits per heavy atom. The number of benzene rings is 1. The number of cyclic esters (lactones) is 2. The molecule has 0 aromatic heterocycles. The molecule has 21 heavy (non-hydrogen) atoms. The van der Waals surface area contributed by atoms with Gasteiger partial charge >= 0.3 is 11.9 Å². The van der Waals surface area contributed by atoms with Crippen LogP contribution in [0, 0.1) is 5.41 Å². The van der Waals surface area contributed by atoms with Crippen LogP contribution in [0.3, 0.4) is 0 Å². The number of esters is 2. The summed E-state index contributed by atoms with van der Waals surface area (Å²) in [6, 6.07) is 7.22. The van der Waals surface area contributed by atoms with E-state index in [1.807, 2.05) is 32.9 Å². The third-order valence-corrected chi connectivity index (χ3v) is 4.09. The number of carbonyl (C=O) groups is 2. The molecule has 1 aliphatic rings. The van der Waals surface area contributed by atoms with Crippen LogP contribution < -0.4 is 0 Å². The van der Waals surface area contributed by atoms with Crippen LogP contribution >= 0.6 is 15.9 Å². The summed E-state index contributed by atoms with van der Waals surface area (Å²) in [5.41, 5.74) is 0.113. The van der Waals surface area contributed by atoms with E-state index in [9.17, 15) is 9.59 Å². The first-order chi connectivity index (χ1) is 9.62. The summed E-state index contributed by atoms with van der Waals surface area (Å²) < 4.78 is 11.6. The van der Waals surface area contributed by atoms with Crippen molar-refractivity contribution in [3.63, 3.8) is 0 Å². The molecule has 5 heteroatoms. The molecule has 0 atom stereocenters. The summed E-state index contributed by atoms with van der Waals surface area (Å²) in [6.45, 7) is 7.13. The molecule has 0 aliphatic carbocycles. The van der Waals surface area contributed by atoms with Crippen molar-refractivity contribution in [1.29, 1.82) is 0 Å². The van der Waals surface area contributed by atoms with Gasteiger partial charge in [-0.05, 0) is 23.8 Å². The Morgan fingerprint density at radius 3 is 1.95 bits per heavy atom. The SMILES string of the molecule is CC(C)(C)C1(C)OC(=O)C(=Cc2ccc(Br)cc2)C(=O)O1. The summed E-state index contributed by atoms with van der Waals surface area (Å²) in [5, 5.41) is 0. The van der Waals surface area contributed by atoms with Gasteiger partial charge in [-0.3, -0.25) is 0 Å². The van der Waals surface area contributed by atoms with Gasteiger partial charge in [0.25, 0.3) is 5.79 Å². The van der Waals surface area contributed by atoms with E-state index < -0.39 is 23.1 Å². The predicted molar refractivity (Wildman–Crippen MR) is 82.2 cm³/mol. The fourth-order valence-corrected chi connectivity index (χ4v) is 1.98. The van der Waals surface area contributed by atoms with Gasteiger partial charge in [-0.25, -0.2) is 9.59 Å². The summed E-state index contributed by atoms with van der Waals surface area (Å²) in [7, 11) is 0. The second kappa shape index (κ2) is 5.30. The topological polar surface area (TPSA) is 52.6 Å². The highest BCUT2D eigenvalue weighted by Crippen LogP contribution is 2.38. The molecule has 0 bridgehead atoms. The van der Waals surface area contributed by atoms with E-state index >= 15 is 0 Å². The third kappa shape index (κ3) is 3.18. The Morgan fingerprint density at radius 1 is 1.05 bits per heavy atom. The van der Waals surface area contributed by atoms with Gasteiger partial charge in [0.2, 0.25) is 0 Å². The molecular formula is C16H17BrO4. The molecule has 112 valence electrons. The maximum Gasteiger partial charge on any atom is 0.348 e. The van der Waals surface area contributed by atoms with Gasteiger partial charge in [-0.15, -0.1) is 0 Å². The highest BCUT2D eigenvalue weighted by atomic mass is 79.9. The molecule has 1 fully saturated rings. The first-order valence-corrected chi connectivity index (χ1v) is 7.36. The number of rotatable bonds is 1. The van der Waals surface area contributed by atoms with E-state index in [1.165, 1.54) is 6.08 Å². The Hall–Kier alpha value is -1.62. The van der Waals surface area contributed by atoms with Gasteiger partial charge < -0.3 is 9.47 Å². The molecule has 4 nitrogen and oxygen atoms in total. The van der Waals surface area contributed by atoms with Crippen molar-refractivity contribution in [2.75, 3.05) is 0 Å². The lowest BCUT2D eigenvalue weighted by atomic mass is 9.85. The van der Waals surface area contributed by atoms with Crippen LogP contribution in [0.15, 0.2) is 34.3 Å². The zero-order valence-corrected chi connectivity index (χ0v) is 14.0. The van der Waals surface area contributed by atoms with E-state index in [2.05, 4.69) is 15.9 Å². The number of carbonyl (C=O) groups excluding carboxylic acids is 2. The molecule has 1 aromatic carbocycles. The van der Waals surface area contributed by atoms with Gasteiger partial charge in [0.1, 0.15) is 5.57 Å². The first kappa shape index (κ1) is 15.8. The Labute approximate surface area is 132 Å². The van der Waals surface area contributed by atoms with Crippen LogP contribution in [-0.4, -0.2) is 17.7 Å². The molecule has 1 aliphatic heterocycles. The standard InChI is InChI=1S/C16H17BrO4/c1-15(2,3)16(4)20-13(18)12(14(19)21-16)9-10-5-7-11(17)8-6-10/h5-9H,1-4H3. The van der Waals surface area contributed by atoms with E-state index in [4.69, 9.17) is 9.47 Å². The van der Waals surface area contributed by atoms with Crippen molar-refractivity contribution in [3.8, 4) is 0 Å². The molecule has 1 heterocycles. The van der Waals surface area contributed by atoms with Gasteiger partial charge in [-0.2, -0.15) is 0 Å². The van der Waals surface area contributed by atoms with Crippen LogP contribution in [0.25, 0.3) is 6.08 Å². The summed E-state index contributed by atoms with van der Waals surface area (Å²) in [5.74, 6) is -2.59. The van der Waals surface area contributed by atoms with Crippen molar-refractivity contribution in [2.24, 2.45) is 5.41 Å². The van der Waals surface area contributed by atoms with Crippen LogP contribution in [0.4, 0.5) is 0 Å². The van der Waals surface area contributed by atoms with Crippen molar-refractivity contribution in [1.82, 2.24) is 0 Å². The molecule has 1 saturated heterocycles. The molecule has 0 saturated carbocycles. The van der Waals surface area contributed by atoms with Crippen LogP contribution in [0.1, 0.15) is 33.3 Å². The molecule has 2 rings (SSSR count). The summed E-state index contributed by atoms with van der Waals surface area (Å²) in [4.78, 5) is 24.3. The Balaban J connectivity index is 2.31. The lowest BCUT2D eigenvalue weighted by molar-refractivity contribution is -0.261. The van der Waals surface area contributed by atoms with E-state index in [1.54, 1.807) is 19.1 Å². The van der Waals surface area contributed by atoms with Crippen molar-refractivity contribution < 1.29 is 19.1 Å². The number of hydrogen-bond acceptors (Lipinski definition) is 4. The minimum Gasteiger partial charge on any atom is -0.418 e. The fraction of sp³-hybridized carbons (Fsp3) is 0.375. The van der Waals surface area contributed by atoms with Gasteiger partial charge in [0.15, 0.2) is 0 Å². The molecule has 0 spiro atoms. The van der Waals surface area contributed by atoms with Gasteiger partial charge in [0.05, 0.1) is 0 Å². The molecule has 0 radical (unpaired) electrons. The molecule has 1 aromatic rings. The first-order valence-electron chi connectivity index (χ1n) is 6.56. The molecule has 0 N–H and O–H groups in total. The summed E-state index contributed by atoms with van der Waals surface area (Å²) in [6.07, 6.45) is 1.47. The lowest BCUT2D eigenvalue weighted by Gasteiger charge is -2.42. The van der Waals surface area contributed by atoms with E-state index in [0.29, 0.717) is 0 Å². The quantitative estimate of drug-likeness (QED) is 0.439. The van der Waals surface area contributed by atoms with Crippen molar-refractivity contribution in [2.45, 2.75) is 33.5 Å². The zero-order valence-electron chi connectivity index (χ0n) is 12.4. The second-order valence-electron chi connectivity index (χ2n) is 6.08. The monoisotopic (exact) mass is 352 g/mol. The highest BCUT2D eigenvalue weighted by Gasteiger charge is 2.50. The van der Waals surface area contributed by atoms with Gasteiger partial charge in [-0.1, -0.05) is 48.8 Å². The minimum atomic E-state index is -1.27. The highest BCUT2D eigenvalue weighted by molar-refractivity contribution is 9.10. The number of halogens is 1. The van der Waals surface area contributed by atoms with Crippen LogP contribution in [0.5, 0.6) is 0 Å². The predicted octanol–water partition coefficient (Wildman–Crippen LogP) is 3.69. The molecular weight excluding hydrogens is 336 g/mol. The van der Waals surface area contributed by atoms with Crippen molar-refractivity contribution >= 4 is 33.9 Å². The molecule has 0 unspecified atom stereocenters. The number of ether oxygens (including phenoxy) is 2. The van der Waals surface area contributed by atoms with Crippen LogP contribution in [-0.2, 0) is 19.1 Å². The maximum atomic E-state index is 12.1. The lowest BCUT2D eigenvalue weighted by Crippen LogP contribution is -2.52. The number of hydrogen-bond donors (Lipinski definition) is 0. The largest absolute Gasteiger partial charge is 0.418 e. The third-order valence-electron chi connectivity index (χ3n) is 3.56. The minimum absolute atomic E-state index is 0.0981. The van der Waals surface area contributed by atoms with E-state index in [0.717, 1.165) is 10.0 Å². The average Bonchev–Trinajstić information content (AvgIpc) is 2.34. The summed E-state index contributed by atoms with van der Waals surface area (Å²) >= 11 is 3.33. The van der Waals surface area contributed by atoms with Crippen LogP contribution in [0.2, 0.25) is 0 Å². The smallest absolute Gasteiger partial charge is 0.348 e. The maximum absolute atomic E-state index is 12.1. The fourth-order valence-electron chi connectivity index (χ4n) is 1.72. The molecule has 0 amide bonds. The average molecular weight is 353 g/mol. The second-order valence-corrected chi connectivity index (χ2v) is 7.00. The Kier molecular flexibility index (Phi) is 3.97. The van der Waals surface area contributed by atoms with Gasteiger partial charge in [0, 0.05) is 16.8 Å². The normalized spacial score (nSPS) is 22.6. The Bertz CT molecular complexity index is 588.